The minimum atomic E-state index is -0.932. The molecule has 2 aromatic rings. The monoisotopic (exact) mass is 258 g/mol. The molecule has 0 bridgehead atoms. The molecule has 98 valence electrons. The number of rotatable bonds is 4. The van der Waals surface area contributed by atoms with Crippen molar-refractivity contribution in [1.29, 1.82) is 0 Å². The van der Waals surface area contributed by atoms with Gasteiger partial charge in [-0.05, 0) is 35.4 Å². The van der Waals surface area contributed by atoms with E-state index in [4.69, 9.17) is 14.6 Å². The third-order valence-electron chi connectivity index (χ3n) is 2.85. The fourth-order valence-corrected chi connectivity index (χ4v) is 1.82. The van der Waals surface area contributed by atoms with Gasteiger partial charge < -0.3 is 14.6 Å². The first-order chi connectivity index (χ1) is 9.15. The van der Waals surface area contributed by atoms with Crippen LogP contribution < -0.4 is 9.47 Å². The number of carboxylic acid groups (broad SMARTS) is 1. The second-order valence-corrected chi connectivity index (χ2v) is 3.95. The number of aromatic carboxylic acids is 1. The third-order valence-corrected chi connectivity index (χ3v) is 2.85. The zero-order valence-electron chi connectivity index (χ0n) is 10.7. The predicted molar refractivity (Wildman–Crippen MR) is 71.9 cm³/mol. The molecular weight excluding hydrogens is 244 g/mol. The Morgan fingerprint density at radius 2 is 1.47 bits per heavy atom. The molecule has 19 heavy (non-hydrogen) atoms. The first kappa shape index (κ1) is 13.0. The van der Waals surface area contributed by atoms with E-state index in [0.717, 1.165) is 11.1 Å². The molecule has 4 nitrogen and oxygen atoms in total. The second-order valence-electron chi connectivity index (χ2n) is 3.95. The van der Waals surface area contributed by atoms with Gasteiger partial charge in [0.2, 0.25) is 0 Å². The average Bonchev–Trinajstić information content (AvgIpc) is 2.46. The van der Waals surface area contributed by atoms with Gasteiger partial charge >= 0.3 is 5.97 Å². The van der Waals surface area contributed by atoms with Crippen LogP contribution >= 0.6 is 0 Å². The molecule has 0 aliphatic rings. The minimum Gasteiger partial charge on any atom is -0.493 e. The third kappa shape index (κ3) is 2.68. The molecule has 0 aliphatic heterocycles. The van der Waals surface area contributed by atoms with Crippen LogP contribution in [0.2, 0.25) is 0 Å². The Morgan fingerprint density at radius 1 is 0.895 bits per heavy atom. The van der Waals surface area contributed by atoms with Crippen LogP contribution in [-0.2, 0) is 0 Å². The predicted octanol–water partition coefficient (Wildman–Crippen LogP) is 3.07. The zero-order valence-corrected chi connectivity index (χ0v) is 10.7. The summed E-state index contributed by atoms with van der Waals surface area (Å²) in [5.74, 6) is 0.370. The summed E-state index contributed by atoms with van der Waals surface area (Å²) in [7, 11) is 3.16. The molecule has 0 unspecified atom stereocenters. The van der Waals surface area contributed by atoms with Crippen LogP contribution in [0, 0.1) is 0 Å². The Kier molecular flexibility index (Phi) is 3.71. The van der Waals surface area contributed by atoms with E-state index in [0.29, 0.717) is 11.5 Å². The van der Waals surface area contributed by atoms with Crippen molar-refractivity contribution in [2.75, 3.05) is 14.2 Å². The largest absolute Gasteiger partial charge is 0.493 e. The van der Waals surface area contributed by atoms with Crippen molar-refractivity contribution >= 4 is 5.97 Å². The van der Waals surface area contributed by atoms with E-state index in [1.54, 1.807) is 38.5 Å². The summed E-state index contributed by atoms with van der Waals surface area (Å²) >= 11 is 0. The van der Waals surface area contributed by atoms with Gasteiger partial charge in [-0.25, -0.2) is 4.79 Å². The van der Waals surface area contributed by atoms with Gasteiger partial charge in [0, 0.05) is 0 Å². The first-order valence-electron chi connectivity index (χ1n) is 5.71. The van der Waals surface area contributed by atoms with Gasteiger partial charge in [0.25, 0.3) is 0 Å². The minimum absolute atomic E-state index is 0.268. The SMILES string of the molecule is COc1ccc(-c2ccc(C(=O)O)cc2)cc1OC. The standard InChI is InChI=1S/C15H14O4/c1-18-13-8-7-12(9-14(13)19-2)10-3-5-11(6-4-10)15(16)17/h3-9H,1-2H3,(H,16,17). The topological polar surface area (TPSA) is 55.8 Å². The Labute approximate surface area is 111 Å². The lowest BCUT2D eigenvalue weighted by Crippen LogP contribution is -1.95. The maximum atomic E-state index is 10.8. The molecule has 0 radical (unpaired) electrons. The molecule has 0 aliphatic carbocycles. The molecule has 0 amide bonds. The van der Waals surface area contributed by atoms with Gasteiger partial charge in [0.1, 0.15) is 0 Å². The average molecular weight is 258 g/mol. The van der Waals surface area contributed by atoms with E-state index < -0.39 is 5.97 Å². The van der Waals surface area contributed by atoms with Crippen molar-refractivity contribution in [2.45, 2.75) is 0 Å². The second kappa shape index (κ2) is 5.44. The maximum Gasteiger partial charge on any atom is 0.335 e. The molecule has 4 heteroatoms. The van der Waals surface area contributed by atoms with Crippen LogP contribution in [0.3, 0.4) is 0 Å². The smallest absolute Gasteiger partial charge is 0.335 e. The molecule has 0 aromatic heterocycles. The maximum absolute atomic E-state index is 10.8. The van der Waals surface area contributed by atoms with Gasteiger partial charge in [-0.3, -0.25) is 0 Å². The van der Waals surface area contributed by atoms with Crippen molar-refractivity contribution < 1.29 is 19.4 Å². The number of benzene rings is 2. The molecule has 1 N–H and O–H groups in total. The Balaban J connectivity index is 2.38. The van der Waals surface area contributed by atoms with Gasteiger partial charge in [-0.1, -0.05) is 18.2 Å². The van der Waals surface area contributed by atoms with E-state index in [1.165, 1.54) is 0 Å². The van der Waals surface area contributed by atoms with Crippen molar-refractivity contribution in [1.82, 2.24) is 0 Å². The van der Waals surface area contributed by atoms with Crippen LogP contribution in [0.15, 0.2) is 42.5 Å². The van der Waals surface area contributed by atoms with E-state index in [-0.39, 0.29) is 5.56 Å². The summed E-state index contributed by atoms with van der Waals surface area (Å²) in [5, 5.41) is 8.86. The van der Waals surface area contributed by atoms with Crippen molar-refractivity contribution in [2.24, 2.45) is 0 Å². The summed E-state index contributed by atoms with van der Waals surface area (Å²) in [6, 6.07) is 12.3. The summed E-state index contributed by atoms with van der Waals surface area (Å²) in [6.45, 7) is 0. The lowest BCUT2D eigenvalue weighted by Gasteiger charge is -2.09. The van der Waals surface area contributed by atoms with Gasteiger partial charge in [-0.2, -0.15) is 0 Å². The van der Waals surface area contributed by atoms with Crippen LogP contribution in [0.4, 0.5) is 0 Å². The molecule has 0 fully saturated rings. The number of hydrogen-bond acceptors (Lipinski definition) is 3. The van der Waals surface area contributed by atoms with Crippen molar-refractivity contribution in [3.8, 4) is 22.6 Å². The van der Waals surface area contributed by atoms with Gasteiger partial charge in [0.05, 0.1) is 19.8 Å². The number of hydrogen-bond donors (Lipinski definition) is 1. The molecule has 0 atom stereocenters. The summed E-state index contributed by atoms with van der Waals surface area (Å²) in [4.78, 5) is 10.8. The van der Waals surface area contributed by atoms with Crippen molar-refractivity contribution in [3.05, 3.63) is 48.0 Å². The lowest BCUT2D eigenvalue weighted by atomic mass is 10.0. The zero-order chi connectivity index (χ0) is 13.8. The highest BCUT2D eigenvalue weighted by Gasteiger charge is 2.07. The highest BCUT2D eigenvalue weighted by Crippen LogP contribution is 2.32. The molecule has 0 saturated heterocycles. The highest BCUT2D eigenvalue weighted by molar-refractivity contribution is 5.88. The normalized spacial score (nSPS) is 10.0. The molecule has 0 heterocycles. The Hall–Kier alpha value is -2.49. The van der Waals surface area contributed by atoms with Gasteiger partial charge in [-0.15, -0.1) is 0 Å². The Morgan fingerprint density at radius 3 is 2.00 bits per heavy atom. The number of ether oxygens (including phenoxy) is 2. The summed E-state index contributed by atoms with van der Waals surface area (Å²) < 4.78 is 10.4. The van der Waals surface area contributed by atoms with E-state index in [9.17, 15) is 4.79 Å². The lowest BCUT2D eigenvalue weighted by molar-refractivity contribution is 0.0697. The van der Waals surface area contributed by atoms with E-state index in [1.807, 2.05) is 18.2 Å². The molecule has 2 rings (SSSR count). The number of methoxy groups -OCH3 is 2. The van der Waals surface area contributed by atoms with Crippen LogP contribution in [-0.4, -0.2) is 25.3 Å². The summed E-state index contributed by atoms with van der Waals surface area (Å²) in [5.41, 5.74) is 2.13. The van der Waals surface area contributed by atoms with Gasteiger partial charge in [0.15, 0.2) is 11.5 Å². The van der Waals surface area contributed by atoms with E-state index >= 15 is 0 Å². The Bertz CT molecular complexity index is 588. The molecule has 2 aromatic carbocycles. The molecule has 0 saturated carbocycles. The van der Waals surface area contributed by atoms with E-state index in [2.05, 4.69) is 0 Å². The fourth-order valence-electron chi connectivity index (χ4n) is 1.82. The van der Waals surface area contributed by atoms with Crippen LogP contribution in [0.1, 0.15) is 10.4 Å². The van der Waals surface area contributed by atoms with Crippen molar-refractivity contribution in [3.63, 3.8) is 0 Å². The van der Waals surface area contributed by atoms with Crippen LogP contribution in [0.25, 0.3) is 11.1 Å². The fraction of sp³-hybridized carbons (Fsp3) is 0.133. The number of carboxylic acids is 1. The first-order valence-corrected chi connectivity index (χ1v) is 5.71. The highest BCUT2D eigenvalue weighted by atomic mass is 16.5. The molecule has 0 spiro atoms. The quantitative estimate of drug-likeness (QED) is 0.915. The molecular formula is C15H14O4. The number of carbonyl (C=O) groups is 1. The van der Waals surface area contributed by atoms with Crippen LogP contribution in [0.5, 0.6) is 11.5 Å². The summed E-state index contributed by atoms with van der Waals surface area (Å²) in [6.07, 6.45) is 0.